The van der Waals surface area contributed by atoms with E-state index in [-0.39, 0.29) is 11.3 Å². The normalized spacial score (nSPS) is 11.6. The van der Waals surface area contributed by atoms with E-state index in [0.717, 1.165) is 11.8 Å². The summed E-state index contributed by atoms with van der Waals surface area (Å²) in [5.74, 6) is -1.61. The van der Waals surface area contributed by atoms with Gasteiger partial charge in [-0.15, -0.1) is 10.2 Å². The highest BCUT2D eigenvalue weighted by molar-refractivity contribution is 7.99. The van der Waals surface area contributed by atoms with Gasteiger partial charge in [-0.05, 0) is 24.3 Å². The third-order valence-corrected chi connectivity index (χ3v) is 5.75. The van der Waals surface area contributed by atoms with Crippen LogP contribution in [0.1, 0.15) is 11.7 Å². The largest absolute Gasteiger partial charge is 0.466 e. The Labute approximate surface area is 199 Å². The number of nitrogens with zero attached hydrogens (tertiary/aromatic N) is 3. The smallest absolute Gasteiger partial charge is 0.351 e. The van der Waals surface area contributed by atoms with Gasteiger partial charge >= 0.3 is 11.9 Å². The van der Waals surface area contributed by atoms with Gasteiger partial charge in [0.1, 0.15) is 5.82 Å². The van der Waals surface area contributed by atoms with E-state index in [0.29, 0.717) is 22.2 Å². The minimum absolute atomic E-state index is 0.150. The van der Waals surface area contributed by atoms with E-state index >= 15 is 0 Å². The van der Waals surface area contributed by atoms with E-state index in [1.807, 2.05) is 30.3 Å². The van der Waals surface area contributed by atoms with Gasteiger partial charge in [0.15, 0.2) is 11.0 Å². The lowest BCUT2D eigenvalue weighted by atomic mass is 10.1. The van der Waals surface area contributed by atoms with Crippen LogP contribution in [0, 0.1) is 5.82 Å². The van der Waals surface area contributed by atoms with Crippen LogP contribution in [0.15, 0.2) is 90.1 Å². The van der Waals surface area contributed by atoms with E-state index in [9.17, 15) is 14.0 Å². The van der Waals surface area contributed by atoms with Gasteiger partial charge in [0.25, 0.3) is 0 Å². The number of carbonyl (C=O) groups excluding carboxylic acids is 2. The van der Waals surface area contributed by atoms with Crippen LogP contribution >= 0.6 is 11.8 Å². The molecule has 0 N–H and O–H groups in total. The van der Waals surface area contributed by atoms with Gasteiger partial charge in [-0.25, -0.2) is 9.18 Å². The third kappa shape index (κ3) is 5.15. The van der Waals surface area contributed by atoms with E-state index in [1.165, 1.54) is 13.2 Å². The topological polar surface area (TPSA) is 83.3 Å². The maximum Gasteiger partial charge on any atom is 0.351 e. The average molecular weight is 478 g/mol. The summed E-state index contributed by atoms with van der Waals surface area (Å²) in [6, 6.07) is 24.1. The van der Waals surface area contributed by atoms with Crippen molar-refractivity contribution in [3.05, 3.63) is 96.3 Å². The fourth-order valence-electron chi connectivity index (χ4n) is 3.27. The molecular weight excluding hydrogens is 457 g/mol. The van der Waals surface area contributed by atoms with Gasteiger partial charge in [0.05, 0.1) is 18.4 Å². The van der Waals surface area contributed by atoms with Crippen LogP contribution in [0.4, 0.5) is 4.39 Å². The Morgan fingerprint density at radius 2 is 1.59 bits per heavy atom. The highest BCUT2D eigenvalue weighted by Crippen LogP contribution is 2.30. The summed E-state index contributed by atoms with van der Waals surface area (Å²) in [6.45, 7) is 0. The van der Waals surface area contributed by atoms with E-state index in [2.05, 4.69) is 10.2 Å². The molecule has 0 amide bonds. The summed E-state index contributed by atoms with van der Waals surface area (Å²) < 4.78 is 26.4. The monoisotopic (exact) mass is 477 g/mol. The zero-order valence-electron chi connectivity index (χ0n) is 18.1. The number of esters is 2. The van der Waals surface area contributed by atoms with Gasteiger partial charge in [0, 0.05) is 11.3 Å². The first-order chi connectivity index (χ1) is 16.6. The predicted molar refractivity (Wildman–Crippen MR) is 125 cm³/mol. The quantitative estimate of drug-likeness (QED) is 0.270. The zero-order chi connectivity index (χ0) is 23.9. The lowest BCUT2D eigenvalue weighted by Crippen LogP contribution is -2.22. The van der Waals surface area contributed by atoms with Crippen molar-refractivity contribution in [3.63, 3.8) is 0 Å². The standard InChI is InChI=1S/C25H20FN3O4S/c1-32-24(31)22(17-10-4-2-5-11-17)33-21(30)16-34-25-28-27-23(19-14-8-9-15-20(19)26)29(25)18-12-6-3-7-13-18/h2-15,22H,16H2,1H3/t22-/m1/s1. The number of carbonyl (C=O) groups is 2. The van der Waals surface area contributed by atoms with Gasteiger partial charge < -0.3 is 9.47 Å². The predicted octanol–water partition coefficient (Wildman–Crippen LogP) is 4.62. The number of benzene rings is 3. The van der Waals surface area contributed by atoms with Crippen molar-refractivity contribution >= 4 is 23.7 Å². The second-order valence-electron chi connectivity index (χ2n) is 7.05. The summed E-state index contributed by atoms with van der Waals surface area (Å²) in [5, 5.41) is 8.73. The van der Waals surface area contributed by atoms with Crippen molar-refractivity contribution in [2.75, 3.05) is 12.9 Å². The molecule has 4 aromatic rings. The van der Waals surface area contributed by atoms with Gasteiger partial charge in [-0.1, -0.05) is 72.4 Å². The molecule has 0 bridgehead atoms. The zero-order valence-corrected chi connectivity index (χ0v) is 18.9. The molecule has 1 aromatic heterocycles. The number of hydrogen-bond acceptors (Lipinski definition) is 7. The molecule has 34 heavy (non-hydrogen) atoms. The molecule has 0 saturated heterocycles. The van der Waals surface area contributed by atoms with Crippen LogP contribution in [0.5, 0.6) is 0 Å². The molecule has 3 aromatic carbocycles. The first-order valence-electron chi connectivity index (χ1n) is 10.3. The van der Waals surface area contributed by atoms with Crippen molar-refractivity contribution in [2.45, 2.75) is 11.3 Å². The Morgan fingerprint density at radius 1 is 0.941 bits per heavy atom. The molecule has 4 rings (SSSR count). The first kappa shape index (κ1) is 23.2. The summed E-state index contributed by atoms with van der Waals surface area (Å²) in [5.41, 5.74) is 1.49. The fourth-order valence-corrected chi connectivity index (χ4v) is 4.00. The summed E-state index contributed by atoms with van der Waals surface area (Å²) >= 11 is 1.07. The molecule has 0 fully saturated rings. The second-order valence-corrected chi connectivity index (χ2v) is 7.99. The molecule has 1 atom stereocenters. The molecule has 0 aliphatic carbocycles. The van der Waals surface area contributed by atoms with Crippen molar-refractivity contribution < 1.29 is 23.5 Å². The average Bonchev–Trinajstić information content (AvgIpc) is 3.30. The number of aromatic nitrogens is 3. The number of thioether (sulfide) groups is 1. The molecule has 0 radical (unpaired) electrons. The number of halogens is 1. The molecule has 9 heteroatoms. The molecule has 0 aliphatic rings. The summed E-state index contributed by atoms with van der Waals surface area (Å²) in [4.78, 5) is 24.8. The van der Waals surface area contributed by atoms with Gasteiger partial charge in [-0.2, -0.15) is 0 Å². The van der Waals surface area contributed by atoms with Crippen LogP contribution in [-0.2, 0) is 19.1 Å². The fraction of sp³-hybridized carbons (Fsp3) is 0.120. The molecule has 0 spiro atoms. The van der Waals surface area contributed by atoms with E-state index in [4.69, 9.17) is 9.47 Å². The summed E-state index contributed by atoms with van der Waals surface area (Å²) in [7, 11) is 1.23. The van der Waals surface area contributed by atoms with Crippen molar-refractivity contribution in [1.29, 1.82) is 0 Å². The van der Waals surface area contributed by atoms with E-state index < -0.39 is 23.9 Å². The molecule has 7 nitrogen and oxygen atoms in total. The molecule has 0 unspecified atom stereocenters. The van der Waals surface area contributed by atoms with Crippen LogP contribution in [0.2, 0.25) is 0 Å². The molecular formula is C25H20FN3O4S. The first-order valence-corrected chi connectivity index (χ1v) is 11.3. The number of rotatable bonds is 8. The minimum atomic E-state index is -1.18. The molecule has 0 aliphatic heterocycles. The Hall–Kier alpha value is -3.98. The maximum absolute atomic E-state index is 14.5. The van der Waals surface area contributed by atoms with Gasteiger partial charge in [-0.3, -0.25) is 9.36 Å². The van der Waals surface area contributed by atoms with Crippen LogP contribution < -0.4 is 0 Å². The van der Waals surface area contributed by atoms with E-state index in [1.54, 1.807) is 53.1 Å². The minimum Gasteiger partial charge on any atom is -0.466 e. The number of para-hydroxylation sites is 1. The third-order valence-electron chi connectivity index (χ3n) is 4.85. The Bertz CT molecular complexity index is 1280. The Morgan fingerprint density at radius 3 is 2.26 bits per heavy atom. The lowest BCUT2D eigenvalue weighted by molar-refractivity contribution is -0.165. The lowest BCUT2D eigenvalue weighted by Gasteiger charge is -2.16. The van der Waals surface area contributed by atoms with Crippen molar-refractivity contribution in [2.24, 2.45) is 0 Å². The Kier molecular flexibility index (Phi) is 7.34. The second kappa shape index (κ2) is 10.8. The van der Waals surface area contributed by atoms with Crippen LogP contribution in [0.25, 0.3) is 17.1 Å². The molecule has 172 valence electrons. The van der Waals surface area contributed by atoms with Crippen LogP contribution in [0.3, 0.4) is 0 Å². The highest BCUT2D eigenvalue weighted by Gasteiger charge is 2.26. The summed E-state index contributed by atoms with van der Waals surface area (Å²) in [6.07, 6.45) is -1.18. The number of methoxy groups -OCH3 is 1. The SMILES string of the molecule is COC(=O)[C@H](OC(=O)CSc1nnc(-c2ccccc2F)n1-c1ccccc1)c1ccccc1. The molecule has 1 heterocycles. The van der Waals surface area contributed by atoms with Crippen LogP contribution in [-0.4, -0.2) is 39.6 Å². The Balaban J connectivity index is 1.58. The number of ether oxygens (including phenoxy) is 2. The highest BCUT2D eigenvalue weighted by atomic mass is 32.2. The molecule has 0 saturated carbocycles. The maximum atomic E-state index is 14.5. The van der Waals surface area contributed by atoms with Crippen molar-refractivity contribution in [1.82, 2.24) is 14.8 Å². The van der Waals surface area contributed by atoms with Crippen molar-refractivity contribution in [3.8, 4) is 17.1 Å². The van der Waals surface area contributed by atoms with Gasteiger partial charge in [0.2, 0.25) is 6.10 Å². The number of hydrogen-bond donors (Lipinski definition) is 0.